The fraction of sp³-hybridized carbons (Fsp3) is 0.250. The summed E-state index contributed by atoms with van der Waals surface area (Å²) in [5, 5.41) is 2.56. The molecule has 0 bridgehead atoms. The second-order valence-corrected chi connectivity index (χ2v) is 5.15. The van der Waals surface area contributed by atoms with Gasteiger partial charge >= 0.3 is 0 Å². The Kier molecular flexibility index (Phi) is 11.5. The van der Waals surface area contributed by atoms with Crippen LogP contribution >= 0.6 is 15.9 Å². The highest BCUT2D eigenvalue weighted by molar-refractivity contribution is 9.10. The van der Waals surface area contributed by atoms with Crippen molar-refractivity contribution >= 4 is 33.6 Å². The molecule has 0 saturated carbocycles. The van der Waals surface area contributed by atoms with E-state index in [1.165, 1.54) is 6.07 Å². The summed E-state index contributed by atoms with van der Waals surface area (Å²) < 4.78 is 14.1. The predicted octanol–water partition coefficient (Wildman–Crippen LogP) is 6.68. The summed E-state index contributed by atoms with van der Waals surface area (Å²) in [6, 6.07) is 14.3. The lowest BCUT2D eigenvalue weighted by molar-refractivity contribution is -0.112. The van der Waals surface area contributed by atoms with Gasteiger partial charge in [0.2, 0.25) is 0 Å². The van der Waals surface area contributed by atoms with E-state index in [0.717, 1.165) is 5.56 Å². The van der Waals surface area contributed by atoms with E-state index in [-0.39, 0.29) is 11.6 Å². The Labute approximate surface area is 152 Å². The largest absolute Gasteiger partial charge is 0.320 e. The Bertz CT molecular complexity index is 654. The van der Waals surface area contributed by atoms with E-state index in [9.17, 15) is 9.18 Å². The van der Waals surface area contributed by atoms with Gasteiger partial charge in [0.25, 0.3) is 5.91 Å². The fourth-order valence-electron chi connectivity index (χ4n) is 1.69. The van der Waals surface area contributed by atoms with Crippen LogP contribution in [0, 0.1) is 5.82 Å². The van der Waals surface area contributed by atoms with Crippen LogP contribution in [0.15, 0.2) is 58.6 Å². The third kappa shape index (κ3) is 7.09. The average molecular weight is 394 g/mol. The molecule has 0 heterocycles. The zero-order valence-corrected chi connectivity index (χ0v) is 16.4. The summed E-state index contributed by atoms with van der Waals surface area (Å²) in [6.07, 6.45) is 1.76. The quantitative estimate of drug-likeness (QED) is 0.578. The number of carbonyl (C=O) groups excluding carboxylic acids is 1. The highest BCUT2D eigenvalue weighted by atomic mass is 79.9. The van der Waals surface area contributed by atoms with Gasteiger partial charge in [-0.15, -0.1) is 0 Å². The minimum absolute atomic E-state index is 0.158. The molecule has 0 spiro atoms. The highest BCUT2D eigenvalue weighted by Crippen LogP contribution is 2.23. The van der Waals surface area contributed by atoms with Gasteiger partial charge in [-0.3, -0.25) is 4.79 Å². The SMILES string of the molecule is C/C(=C\c1ccccc1)C(=O)Nc1cccc(Br)c1F.CC.CC. The molecule has 0 aliphatic heterocycles. The molecule has 0 atom stereocenters. The number of nitrogens with one attached hydrogen (secondary N) is 1. The van der Waals surface area contributed by atoms with Gasteiger partial charge in [0.05, 0.1) is 10.2 Å². The standard InChI is InChI=1S/C16H13BrFNO.2C2H6/c1-11(10-12-6-3-2-4-7-12)16(20)19-14-9-5-8-13(17)15(14)18;2*1-2/h2-10H,1H3,(H,19,20);2*1-2H3/b11-10+;;. The molecule has 130 valence electrons. The van der Waals surface area contributed by atoms with Crippen LogP contribution in [-0.4, -0.2) is 5.91 Å². The second kappa shape index (κ2) is 12.5. The van der Waals surface area contributed by atoms with Crippen LogP contribution in [0.25, 0.3) is 6.08 Å². The Morgan fingerprint density at radius 1 is 1.00 bits per heavy atom. The van der Waals surface area contributed by atoms with Crippen LogP contribution in [0.1, 0.15) is 40.2 Å². The van der Waals surface area contributed by atoms with Crippen molar-refractivity contribution in [3.63, 3.8) is 0 Å². The van der Waals surface area contributed by atoms with Crippen molar-refractivity contribution in [3.05, 3.63) is 70.0 Å². The number of benzene rings is 2. The molecule has 2 nitrogen and oxygen atoms in total. The van der Waals surface area contributed by atoms with Crippen molar-refractivity contribution in [2.75, 3.05) is 5.32 Å². The van der Waals surface area contributed by atoms with Gasteiger partial charge in [-0.2, -0.15) is 0 Å². The summed E-state index contributed by atoms with van der Waals surface area (Å²) in [4.78, 5) is 12.0. The van der Waals surface area contributed by atoms with E-state index < -0.39 is 5.82 Å². The van der Waals surface area contributed by atoms with Crippen LogP contribution in [0.2, 0.25) is 0 Å². The number of amides is 1. The molecule has 24 heavy (non-hydrogen) atoms. The van der Waals surface area contributed by atoms with Crippen molar-refractivity contribution < 1.29 is 9.18 Å². The lowest BCUT2D eigenvalue weighted by atomic mass is 10.1. The zero-order valence-electron chi connectivity index (χ0n) is 14.9. The highest BCUT2D eigenvalue weighted by Gasteiger charge is 2.10. The molecule has 0 aromatic heterocycles. The number of halogens is 2. The average Bonchev–Trinajstić information content (AvgIpc) is 2.63. The molecular weight excluding hydrogens is 369 g/mol. The molecule has 2 aromatic carbocycles. The summed E-state index contributed by atoms with van der Waals surface area (Å²) in [5.74, 6) is -0.806. The van der Waals surface area contributed by atoms with Crippen molar-refractivity contribution in [2.24, 2.45) is 0 Å². The summed E-state index contributed by atoms with van der Waals surface area (Å²) in [5.41, 5.74) is 1.59. The summed E-state index contributed by atoms with van der Waals surface area (Å²) in [6.45, 7) is 9.69. The molecule has 0 aliphatic carbocycles. The molecule has 2 rings (SSSR count). The van der Waals surface area contributed by atoms with Crippen molar-refractivity contribution in [2.45, 2.75) is 34.6 Å². The van der Waals surface area contributed by atoms with E-state index in [2.05, 4.69) is 21.2 Å². The maximum Gasteiger partial charge on any atom is 0.251 e. The molecule has 0 unspecified atom stereocenters. The molecule has 2 aromatic rings. The van der Waals surface area contributed by atoms with Gasteiger partial charge in [-0.25, -0.2) is 4.39 Å². The number of hydrogen-bond acceptors (Lipinski definition) is 1. The third-order valence-electron chi connectivity index (χ3n) is 2.74. The number of hydrogen-bond donors (Lipinski definition) is 1. The van der Waals surface area contributed by atoms with Crippen molar-refractivity contribution in [1.82, 2.24) is 0 Å². The number of carbonyl (C=O) groups is 1. The van der Waals surface area contributed by atoms with Gasteiger partial charge in [0.1, 0.15) is 0 Å². The normalized spacial score (nSPS) is 9.88. The molecule has 1 amide bonds. The Hall–Kier alpha value is -1.94. The predicted molar refractivity (Wildman–Crippen MR) is 106 cm³/mol. The molecule has 0 fully saturated rings. The van der Waals surface area contributed by atoms with Crippen LogP contribution in [0.3, 0.4) is 0 Å². The first-order valence-electron chi connectivity index (χ1n) is 8.06. The van der Waals surface area contributed by atoms with Gasteiger partial charge in [0.15, 0.2) is 5.82 Å². The Balaban J connectivity index is 0.00000123. The van der Waals surface area contributed by atoms with Gasteiger partial charge in [0, 0.05) is 5.57 Å². The van der Waals surface area contributed by atoms with E-state index in [1.807, 2.05) is 58.0 Å². The molecule has 0 radical (unpaired) electrons. The van der Waals surface area contributed by atoms with Crippen molar-refractivity contribution in [3.8, 4) is 0 Å². The lowest BCUT2D eigenvalue weighted by Gasteiger charge is -2.07. The maximum absolute atomic E-state index is 13.8. The smallest absolute Gasteiger partial charge is 0.251 e. The molecule has 1 N–H and O–H groups in total. The minimum atomic E-state index is -0.478. The monoisotopic (exact) mass is 393 g/mol. The molecule has 0 aliphatic rings. The minimum Gasteiger partial charge on any atom is -0.320 e. The van der Waals surface area contributed by atoms with Crippen LogP contribution in [0.5, 0.6) is 0 Å². The summed E-state index contributed by atoms with van der Waals surface area (Å²) >= 11 is 3.09. The van der Waals surface area contributed by atoms with E-state index in [1.54, 1.807) is 25.1 Å². The van der Waals surface area contributed by atoms with Gasteiger partial charge < -0.3 is 5.32 Å². The summed E-state index contributed by atoms with van der Waals surface area (Å²) in [7, 11) is 0. The van der Waals surface area contributed by atoms with Gasteiger partial charge in [-0.05, 0) is 46.6 Å². The Morgan fingerprint density at radius 3 is 2.17 bits per heavy atom. The van der Waals surface area contributed by atoms with Gasteiger partial charge in [-0.1, -0.05) is 64.1 Å². The van der Waals surface area contributed by atoms with Crippen LogP contribution < -0.4 is 5.32 Å². The third-order valence-corrected chi connectivity index (χ3v) is 3.35. The first-order valence-corrected chi connectivity index (χ1v) is 8.86. The number of rotatable bonds is 3. The maximum atomic E-state index is 13.8. The fourth-order valence-corrected chi connectivity index (χ4v) is 2.05. The van der Waals surface area contributed by atoms with E-state index >= 15 is 0 Å². The van der Waals surface area contributed by atoms with Crippen molar-refractivity contribution in [1.29, 1.82) is 0 Å². The lowest BCUT2D eigenvalue weighted by Crippen LogP contribution is -2.13. The second-order valence-electron chi connectivity index (χ2n) is 4.29. The van der Waals surface area contributed by atoms with E-state index in [0.29, 0.717) is 10.0 Å². The first kappa shape index (κ1) is 22.1. The molecule has 0 saturated heterocycles. The van der Waals surface area contributed by atoms with Crippen LogP contribution in [0.4, 0.5) is 10.1 Å². The topological polar surface area (TPSA) is 29.1 Å². The number of anilines is 1. The Morgan fingerprint density at radius 2 is 1.58 bits per heavy atom. The molecule has 4 heteroatoms. The van der Waals surface area contributed by atoms with Crippen LogP contribution in [-0.2, 0) is 4.79 Å². The van der Waals surface area contributed by atoms with E-state index in [4.69, 9.17) is 0 Å². The first-order chi connectivity index (χ1) is 11.6. The molecular formula is C20H25BrFNO. The zero-order chi connectivity index (χ0) is 18.5.